The molecular weight excluding hydrogens is 448 g/mol. The van der Waals surface area contributed by atoms with Crippen molar-refractivity contribution < 1.29 is 24.2 Å². The average Bonchev–Trinajstić information content (AvgIpc) is 3.55. The molecular formula is C26H24N4O5. The molecule has 178 valence electrons. The van der Waals surface area contributed by atoms with Crippen LogP contribution in [0.15, 0.2) is 78.8 Å². The zero-order chi connectivity index (χ0) is 24.4. The van der Waals surface area contributed by atoms with Gasteiger partial charge in [-0.2, -0.15) is 5.10 Å². The predicted octanol–water partition coefficient (Wildman–Crippen LogP) is 2.00. The highest BCUT2D eigenvalue weighted by Crippen LogP contribution is 2.26. The molecule has 9 heteroatoms. The number of nitrogens with zero attached hydrogens (tertiary/aromatic N) is 3. The smallest absolute Gasteiger partial charge is 0.251 e. The van der Waals surface area contributed by atoms with E-state index in [4.69, 9.17) is 4.74 Å². The van der Waals surface area contributed by atoms with E-state index in [-0.39, 0.29) is 30.5 Å². The van der Waals surface area contributed by atoms with Crippen LogP contribution in [0.3, 0.4) is 0 Å². The third-order valence-electron chi connectivity index (χ3n) is 6.14. The zero-order valence-corrected chi connectivity index (χ0v) is 18.8. The van der Waals surface area contributed by atoms with Crippen LogP contribution in [0.5, 0.6) is 5.75 Å². The molecule has 2 aliphatic heterocycles. The normalized spacial score (nSPS) is 17.8. The Morgan fingerprint density at radius 1 is 1.14 bits per heavy atom. The lowest BCUT2D eigenvalue weighted by Crippen LogP contribution is -2.55. The summed E-state index contributed by atoms with van der Waals surface area (Å²) >= 11 is 0. The molecule has 2 N–H and O–H groups in total. The summed E-state index contributed by atoms with van der Waals surface area (Å²) in [7, 11) is 0. The molecule has 0 radical (unpaired) electrons. The summed E-state index contributed by atoms with van der Waals surface area (Å²) in [6.07, 6.45) is 6.08. The van der Waals surface area contributed by atoms with Gasteiger partial charge in [0, 0.05) is 30.9 Å². The SMILES string of the molecule is O=C(NC(Cc1ccc(O)cc1)C(=O)N1CCC=C2OCC(=O)C21)c1ccc(-n2cccn2)cc1. The van der Waals surface area contributed by atoms with Crippen molar-refractivity contribution in [3.8, 4) is 11.4 Å². The van der Waals surface area contributed by atoms with Gasteiger partial charge in [-0.25, -0.2) is 4.68 Å². The number of phenols is 1. The highest BCUT2D eigenvalue weighted by Gasteiger charge is 2.42. The Morgan fingerprint density at radius 3 is 2.63 bits per heavy atom. The highest BCUT2D eigenvalue weighted by molar-refractivity contribution is 6.00. The van der Waals surface area contributed by atoms with E-state index in [2.05, 4.69) is 10.4 Å². The second kappa shape index (κ2) is 9.46. The van der Waals surface area contributed by atoms with Gasteiger partial charge >= 0.3 is 0 Å². The van der Waals surface area contributed by atoms with Gasteiger partial charge in [0.25, 0.3) is 5.91 Å². The van der Waals surface area contributed by atoms with Crippen molar-refractivity contribution in [3.05, 3.63) is 90.0 Å². The van der Waals surface area contributed by atoms with Crippen LogP contribution in [0.2, 0.25) is 0 Å². The number of amides is 2. The molecule has 0 spiro atoms. The molecule has 2 atom stereocenters. The minimum atomic E-state index is -0.911. The van der Waals surface area contributed by atoms with E-state index in [1.807, 2.05) is 12.1 Å². The van der Waals surface area contributed by atoms with Crippen LogP contribution in [0, 0.1) is 0 Å². The fourth-order valence-corrected chi connectivity index (χ4v) is 4.38. The first-order valence-corrected chi connectivity index (χ1v) is 11.3. The largest absolute Gasteiger partial charge is 0.508 e. The van der Waals surface area contributed by atoms with Gasteiger partial charge in [-0.05, 0) is 60.5 Å². The van der Waals surface area contributed by atoms with Gasteiger partial charge < -0.3 is 20.1 Å². The summed E-state index contributed by atoms with van der Waals surface area (Å²) in [5.74, 6) is -0.325. The lowest BCUT2D eigenvalue weighted by Gasteiger charge is -2.33. The lowest BCUT2D eigenvalue weighted by molar-refractivity contribution is -0.139. The number of hydrogen-bond acceptors (Lipinski definition) is 6. The number of aromatic nitrogens is 2. The van der Waals surface area contributed by atoms with E-state index < -0.39 is 18.0 Å². The standard InChI is InChI=1S/C26H24N4O5/c31-20-10-4-17(5-11-20)15-21(26(34)29-13-1-3-23-24(29)22(32)16-35-23)28-25(33)18-6-8-19(9-7-18)30-14-2-12-27-30/h2-12,14,21,24,31H,1,13,15-16H2,(H,28,33). The number of nitrogens with one attached hydrogen (secondary N) is 1. The number of aromatic hydroxyl groups is 1. The number of fused-ring (bicyclic) bond motifs is 1. The molecule has 2 amide bonds. The number of carbonyl (C=O) groups excluding carboxylic acids is 3. The number of phenolic OH excluding ortho intramolecular Hbond substituents is 1. The third-order valence-corrected chi connectivity index (χ3v) is 6.14. The Labute approximate surface area is 201 Å². The van der Waals surface area contributed by atoms with Gasteiger partial charge in [0.2, 0.25) is 5.91 Å². The molecule has 0 saturated carbocycles. The second-order valence-corrected chi connectivity index (χ2v) is 8.48. The number of Topliss-reactive ketones (excluding diaryl/α,β-unsaturated/α-hetero) is 1. The van der Waals surface area contributed by atoms with Crippen LogP contribution in [0.1, 0.15) is 22.3 Å². The highest BCUT2D eigenvalue weighted by atomic mass is 16.5. The van der Waals surface area contributed by atoms with Crippen LogP contribution in [-0.2, 0) is 20.7 Å². The summed E-state index contributed by atoms with van der Waals surface area (Å²) in [5, 5.41) is 16.6. The topological polar surface area (TPSA) is 114 Å². The molecule has 3 aromatic rings. The first-order chi connectivity index (χ1) is 17.0. The molecule has 2 unspecified atom stereocenters. The molecule has 1 saturated heterocycles. The van der Waals surface area contributed by atoms with Gasteiger partial charge in [0.1, 0.15) is 24.2 Å². The van der Waals surface area contributed by atoms with E-state index in [9.17, 15) is 19.5 Å². The van der Waals surface area contributed by atoms with Crippen molar-refractivity contribution in [2.75, 3.05) is 13.2 Å². The lowest BCUT2D eigenvalue weighted by atomic mass is 10.00. The van der Waals surface area contributed by atoms with Crippen LogP contribution >= 0.6 is 0 Å². The molecule has 5 rings (SSSR count). The van der Waals surface area contributed by atoms with Crippen LogP contribution in [-0.4, -0.2) is 62.6 Å². The van der Waals surface area contributed by atoms with Gasteiger partial charge in [-0.15, -0.1) is 0 Å². The number of ketones is 1. The maximum atomic E-state index is 13.6. The Kier molecular flexibility index (Phi) is 6.05. The minimum absolute atomic E-state index is 0.0577. The predicted molar refractivity (Wildman–Crippen MR) is 126 cm³/mol. The van der Waals surface area contributed by atoms with Crippen molar-refractivity contribution in [2.45, 2.75) is 24.9 Å². The van der Waals surface area contributed by atoms with E-state index in [1.54, 1.807) is 53.5 Å². The summed E-state index contributed by atoms with van der Waals surface area (Å²) in [4.78, 5) is 40.7. The van der Waals surface area contributed by atoms with Crippen molar-refractivity contribution in [1.29, 1.82) is 0 Å². The maximum absolute atomic E-state index is 13.6. The van der Waals surface area contributed by atoms with E-state index in [0.29, 0.717) is 24.3 Å². The van der Waals surface area contributed by atoms with Gasteiger partial charge in [-0.1, -0.05) is 12.1 Å². The Morgan fingerprint density at radius 2 is 1.91 bits per heavy atom. The molecule has 3 heterocycles. The summed E-state index contributed by atoms with van der Waals surface area (Å²) < 4.78 is 7.13. The van der Waals surface area contributed by atoms with Crippen LogP contribution in [0.25, 0.3) is 5.69 Å². The summed E-state index contributed by atoms with van der Waals surface area (Å²) in [5.41, 5.74) is 1.96. The second-order valence-electron chi connectivity index (χ2n) is 8.48. The van der Waals surface area contributed by atoms with Gasteiger partial charge in [-0.3, -0.25) is 14.4 Å². The third kappa shape index (κ3) is 4.65. The fourth-order valence-electron chi connectivity index (χ4n) is 4.38. The fraction of sp³-hybridized carbons (Fsp3) is 0.231. The summed E-state index contributed by atoms with van der Waals surface area (Å²) in [6.45, 7) is 0.306. The van der Waals surface area contributed by atoms with Crippen molar-refractivity contribution in [2.24, 2.45) is 0 Å². The van der Waals surface area contributed by atoms with E-state index in [1.165, 1.54) is 17.0 Å². The number of benzene rings is 2. The molecule has 2 aromatic carbocycles. The van der Waals surface area contributed by atoms with Crippen LogP contribution in [0.4, 0.5) is 0 Å². The Hall–Kier alpha value is -4.40. The molecule has 9 nitrogen and oxygen atoms in total. The number of carbonyl (C=O) groups is 3. The van der Waals surface area contributed by atoms with Crippen molar-refractivity contribution in [3.63, 3.8) is 0 Å². The van der Waals surface area contributed by atoms with Gasteiger partial charge in [0.15, 0.2) is 11.8 Å². The molecule has 2 aliphatic rings. The zero-order valence-electron chi connectivity index (χ0n) is 18.8. The number of ether oxygens (including phenoxy) is 1. The molecule has 35 heavy (non-hydrogen) atoms. The van der Waals surface area contributed by atoms with Gasteiger partial charge in [0.05, 0.1) is 5.69 Å². The Balaban J connectivity index is 1.38. The van der Waals surface area contributed by atoms with Crippen molar-refractivity contribution >= 4 is 17.6 Å². The molecule has 0 aliphatic carbocycles. The number of rotatable bonds is 6. The quantitative estimate of drug-likeness (QED) is 0.567. The number of hydrogen-bond donors (Lipinski definition) is 2. The Bertz CT molecular complexity index is 1270. The monoisotopic (exact) mass is 472 g/mol. The van der Waals surface area contributed by atoms with E-state index >= 15 is 0 Å². The molecule has 1 aromatic heterocycles. The first kappa shape index (κ1) is 22.4. The average molecular weight is 473 g/mol. The van der Waals surface area contributed by atoms with E-state index in [0.717, 1.165) is 11.3 Å². The first-order valence-electron chi connectivity index (χ1n) is 11.3. The van der Waals surface area contributed by atoms with Crippen molar-refractivity contribution in [1.82, 2.24) is 20.0 Å². The summed E-state index contributed by atoms with van der Waals surface area (Å²) in [6, 6.07) is 13.5. The molecule has 0 bridgehead atoms. The molecule has 1 fully saturated rings. The minimum Gasteiger partial charge on any atom is -0.508 e. The maximum Gasteiger partial charge on any atom is 0.251 e. The van der Waals surface area contributed by atoms with Crippen LogP contribution < -0.4 is 5.32 Å².